The van der Waals surface area contributed by atoms with E-state index in [-0.39, 0.29) is 17.1 Å². The van der Waals surface area contributed by atoms with Crippen LogP contribution in [0.15, 0.2) is 50.9 Å². The lowest BCUT2D eigenvalue weighted by Crippen LogP contribution is -2.41. The number of fused-ring (bicyclic) bond motifs is 1. The highest BCUT2D eigenvalue weighted by molar-refractivity contribution is 5.77. The molecule has 1 N–H and O–H groups in total. The van der Waals surface area contributed by atoms with Crippen LogP contribution in [-0.4, -0.2) is 5.11 Å². The van der Waals surface area contributed by atoms with E-state index in [4.69, 9.17) is 9.68 Å². The summed E-state index contributed by atoms with van der Waals surface area (Å²) in [6, 6.07) is 2.15. The zero-order chi connectivity index (χ0) is 18.0. The zero-order valence-corrected chi connectivity index (χ0v) is 14.2. The van der Waals surface area contributed by atoms with Gasteiger partial charge in [0.15, 0.2) is 5.43 Å². The van der Waals surface area contributed by atoms with Gasteiger partial charge in [-0.05, 0) is 24.1 Å². The molecule has 0 bridgehead atoms. The molecule has 4 heteroatoms. The van der Waals surface area contributed by atoms with Gasteiger partial charge in [0.25, 0.3) is 0 Å². The molecule has 0 amide bonds. The number of aliphatic hydroxyl groups excluding tert-OH is 1. The molecule has 2 aliphatic rings. The monoisotopic (exact) mass is 333 g/mol. The summed E-state index contributed by atoms with van der Waals surface area (Å²) < 4.78 is 6.03. The molecular formula is C21H19NO3. The predicted octanol–water partition coefficient (Wildman–Crippen LogP) is 2.96. The van der Waals surface area contributed by atoms with E-state index >= 15 is 0 Å². The number of hydrogen-bond donors (Lipinski definition) is 1. The first-order valence-corrected chi connectivity index (χ1v) is 8.27. The predicted molar refractivity (Wildman–Crippen MR) is 98.0 cm³/mol. The lowest BCUT2D eigenvalue weighted by atomic mass is 9.96. The molecule has 1 aromatic heterocycles. The normalized spacial score (nSPS) is 16.3. The molecule has 0 aromatic carbocycles. The average Bonchev–Trinajstić information content (AvgIpc) is 2.92. The Morgan fingerprint density at radius 2 is 2.08 bits per heavy atom. The van der Waals surface area contributed by atoms with Crippen molar-refractivity contribution in [2.45, 2.75) is 32.6 Å². The molecule has 126 valence electrons. The molecule has 0 saturated heterocycles. The zero-order valence-electron chi connectivity index (χ0n) is 14.2. The third-order valence-electron chi connectivity index (χ3n) is 4.20. The highest BCUT2D eigenvalue weighted by atomic mass is 16.3. The second-order valence-corrected chi connectivity index (χ2v) is 6.34. The smallest absolute Gasteiger partial charge is 0.200 e. The molecule has 0 fully saturated rings. The van der Waals surface area contributed by atoms with Gasteiger partial charge in [-0.1, -0.05) is 38.2 Å². The second-order valence-electron chi connectivity index (χ2n) is 6.34. The van der Waals surface area contributed by atoms with Gasteiger partial charge < -0.3 is 9.52 Å². The molecular weight excluding hydrogens is 314 g/mol. The van der Waals surface area contributed by atoms with Crippen LogP contribution in [0.5, 0.6) is 0 Å². The van der Waals surface area contributed by atoms with Gasteiger partial charge in [-0.15, -0.1) is 0 Å². The average molecular weight is 333 g/mol. The molecule has 0 radical (unpaired) electrons. The minimum Gasteiger partial charge on any atom is -0.508 e. The highest BCUT2D eigenvalue weighted by Crippen LogP contribution is 2.25. The van der Waals surface area contributed by atoms with Crippen LogP contribution >= 0.6 is 0 Å². The number of aliphatic hydroxyl groups is 1. The Bertz CT molecular complexity index is 1050. The molecule has 1 aromatic rings. The quantitative estimate of drug-likeness (QED) is 0.903. The Hall–Kier alpha value is -3.06. The summed E-state index contributed by atoms with van der Waals surface area (Å²) in [7, 11) is 0. The van der Waals surface area contributed by atoms with E-state index < -0.39 is 0 Å². The summed E-state index contributed by atoms with van der Waals surface area (Å²) in [5, 5.41) is 19.4. The molecule has 0 aliphatic heterocycles. The van der Waals surface area contributed by atoms with Crippen LogP contribution in [0, 0.1) is 11.3 Å². The summed E-state index contributed by atoms with van der Waals surface area (Å²) in [6.45, 7) is 3.93. The summed E-state index contributed by atoms with van der Waals surface area (Å²) in [5.74, 6) is 0.674. The van der Waals surface area contributed by atoms with Gasteiger partial charge in [0.2, 0.25) is 0 Å². The third-order valence-corrected chi connectivity index (χ3v) is 4.20. The van der Waals surface area contributed by atoms with Gasteiger partial charge in [-0.3, -0.25) is 4.79 Å². The van der Waals surface area contributed by atoms with Crippen molar-refractivity contribution >= 4 is 17.7 Å². The topological polar surface area (TPSA) is 74.2 Å². The van der Waals surface area contributed by atoms with Crippen molar-refractivity contribution in [3.8, 4) is 6.07 Å². The van der Waals surface area contributed by atoms with Gasteiger partial charge in [-0.2, -0.15) is 5.26 Å². The Morgan fingerprint density at radius 3 is 2.80 bits per heavy atom. The van der Waals surface area contributed by atoms with Crippen LogP contribution in [0.2, 0.25) is 0 Å². The minimum absolute atomic E-state index is 0.00303. The number of nitrogens with zero attached hydrogens (tertiary/aromatic N) is 1. The van der Waals surface area contributed by atoms with Gasteiger partial charge in [0, 0.05) is 24.0 Å². The number of hydrogen-bond acceptors (Lipinski definition) is 4. The second kappa shape index (κ2) is 6.82. The van der Waals surface area contributed by atoms with Gasteiger partial charge in [0.05, 0.1) is 16.9 Å². The first-order chi connectivity index (χ1) is 12.0. The number of allylic oxidation sites excluding steroid dienone is 8. The van der Waals surface area contributed by atoms with Crippen LogP contribution in [-0.2, 0) is 0 Å². The van der Waals surface area contributed by atoms with Crippen molar-refractivity contribution < 1.29 is 9.52 Å². The van der Waals surface area contributed by atoms with Crippen molar-refractivity contribution in [3.63, 3.8) is 0 Å². The first kappa shape index (κ1) is 16.8. The third kappa shape index (κ3) is 3.27. The van der Waals surface area contributed by atoms with E-state index in [9.17, 15) is 9.90 Å². The van der Waals surface area contributed by atoms with Crippen LogP contribution in [0.3, 0.4) is 0 Å². The first-order valence-electron chi connectivity index (χ1n) is 8.27. The fourth-order valence-electron chi connectivity index (χ4n) is 2.95. The Balaban J connectivity index is 2.30. The molecule has 0 saturated carbocycles. The maximum atomic E-state index is 13.2. The fourth-order valence-corrected chi connectivity index (χ4v) is 2.95. The van der Waals surface area contributed by atoms with Crippen LogP contribution < -0.4 is 16.1 Å². The van der Waals surface area contributed by atoms with E-state index in [1.807, 2.05) is 26.0 Å². The van der Waals surface area contributed by atoms with Gasteiger partial charge in [0.1, 0.15) is 16.9 Å². The largest absolute Gasteiger partial charge is 0.508 e. The maximum absolute atomic E-state index is 13.2. The molecule has 0 atom stereocenters. The SMILES string of the molecule is CC(C)c1oc2c(c(=O)c1C1=CCC(C#N)=CC=C1)=CCC=C(O)C=2. The lowest BCUT2D eigenvalue weighted by Gasteiger charge is -2.12. The minimum atomic E-state index is -0.111. The van der Waals surface area contributed by atoms with E-state index in [2.05, 4.69) is 6.07 Å². The lowest BCUT2D eigenvalue weighted by molar-refractivity contribution is 0.421. The molecule has 0 unspecified atom stereocenters. The van der Waals surface area contributed by atoms with Crippen LogP contribution in [0.1, 0.15) is 43.9 Å². The van der Waals surface area contributed by atoms with Crippen LogP contribution in [0.25, 0.3) is 17.7 Å². The molecule has 3 rings (SSSR count). The number of rotatable bonds is 2. The Labute approximate surface area is 145 Å². The molecule has 4 nitrogen and oxygen atoms in total. The van der Waals surface area contributed by atoms with E-state index in [1.54, 1.807) is 24.3 Å². The van der Waals surface area contributed by atoms with Crippen molar-refractivity contribution in [3.05, 3.63) is 73.9 Å². The summed E-state index contributed by atoms with van der Waals surface area (Å²) in [4.78, 5) is 13.2. The number of nitriles is 1. The van der Waals surface area contributed by atoms with Crippen molar-refractivity contribution in [2.75, 3.05) is 0 Å². The summed E-state index contributed by atoms with van der Waals surface area (Å²) in [6.07, 6.45) is 13.1. The molecule has 2 aliphatic carbocycles. The molecule has 25 heavy (non-hydrogen) atoms. The Kier molecular flexibility index (Phi) is 4.58. The van der Waals surface area contributed by atoms with E-state index in [1.165, 1.54) is 6.08 Å². The van der Waals surface area contributed by atoms with Crippen molar-refractivity contribution in [1.82, 2.24) is 0 Å². The van der Waals surface area contributed by atoms with E-state index in [0.717, 1.165) is 5.57 Å². The van der Waals surface area contributed by atoms with Gasteiger partial charge in [-0.25, -0.2) is 0 Å². The Morgan fingerprint density at radius 1 is 1.28 bits per heavy atom. The summed E-state index contributed by atoms with van der Waals surface area (Å²) >= 11 is 0. The maximum Gasteiger partial charge on any atom is 0.200 e. The fraction of sp³-hybridized carbons (Fsp3) is 0.238. The van der Waals surface area contributed by atoms with Crippen molar-refractivity contribution in [2.24, 2.45) is 0 Å². The van der Waals surface area contributed by atoms with Crippen LogP contribution in [0.4, 0.5) is 0 Å². The highest BCUT2D eigenvalue weighted by Gasteiger charge is 2.19. The summed E-state index contributed by atoms with van der Waals surface area (Å²) in [5.41, 5.74) is 2.21. The van der Waals surface area contributed by atoms with Crippen molar-refractivity contribution in [1.29, 1.82) is 5.26 Å². The molecule has 1 heterocycles. The standard InChI is InChI=1S/C21H19NO3/c1-13(2)21-19(15-6-3-5-14(12-22)9-10-15)20(24)17-8-4-7-16(23)11-18(17)25-21/h3,5-8,10-11,13,23H,4,9H2,1-2H3. The van der Waals surface area contributed by atoms with E-state index in [0.29, 0.717) is 40.4 Å². The van der Waals surface area contributed by atoms with Gasteiger partial charge >= 0.3 is 0 Å². The molecule has 0 spiro atoms.